The molecule has 0 saturated heterocycles. The molecule has 7 nitrogen and oxygen atoms in total. The van der Waals surface area contributed by atoms with Crippen molar-refractivity contribution in [3.63, 3.8) is 0 Å². The van der Waals surface area contributed by atoms with Crippen LogP contribution in [0.3, 0.4) is 0 Å². The first-order valence-electron chi connectivity index (χ1n) is 8.15. The summed E-state index contributed by atoms with van der Waals surface area (Å²) >= 11 is 0. The molecule has 0 amide bonds. The van der Waals surface area contributed by atoms with Crippen molar-refractivity contribution in [1.29, 1.82) is 0 Å². The molecule has 0 bridgehead atoms. The zero-order valence-corrected chi connectivity index (χ0v) is 14.4. The summed E-state index contributed by atoms with van der Waals surface area (Å²) < 4.78 is 35.0. The smallest absolute Gasteiger partial charge is 0.330 e. The van der Waals surface area contributed by atoms with Crippen LogP contribution in [0.5, 0.6) is 0 Å². The van der Waals surface area contributed by atoms with Gasteiger partial charge in [0, 0.05) is 25.8 Å². The van der Waals surface area contributed by atoms with Crippen molar-refractivity contribution in [3.8, 4) is 11.4 Å². The molecule has 26 heavy (non-hydrogen) atoms. The number of halogens is 2. The Labute approximate surface area is 146 Å². The number of rotatable bonds is 6. The fourth-order valence-corrected chi connectivity index (χ4v) is 2.86. The SMILES string of the molecule is CCCn1c(=O)[nH]c(=O)c2c1nc(-c1ccc(F)c(F)c1)n2CCOC. The monoisotopic (exact) mass is 364 g/mol. The van der Waals surface area contributed by atoms with Gasteiger partial charge in [0.1, 0.15) is 5.82 Å². The van der Waals surface area contributed by atoms with Crippen LogP contribution < -0.4 is 11.2 Å². The van der Waals surface area contributed by atoms with E-state index in [2.05, 4.69) is 9.97 Å². The minimum Gasteiger partial charge on any atom is -0.383 e. The van der Waals surface area contributed by atoms with E-state index in [1.165, 1.54) is 17.7 Å². The van der Waals surface area contributed by atoms with E-state index in [-0.39, 0.29) is 30.1 Å². The molecule has 0 atom stereocenters. The third kappa shape index (κ3) is 3.05. The Hall–Kier alpha value is -2.81. The predicted octanol–water partition coefficient (Wildman–Crippen LogP) is 1.89. The molecule has 138 valence electrons. The number of aromatic amines is 1. The highest BCUT2D eigenvalue weighted by Crippen LogP contribution is 2.24. The fourth-order valence-electron chi connectivity index (χ4n) is 2.86. The molecule has 0 saturated carbocycles. The first-order chi connectivity index (χ1) is 12.5. The van der Waals surface area contributed by atoms with E-state index < -0.39 is 22.9 Å². The van der Waals surface area contributed by atoms with Crippen LogP contribution in [-0.2, 0) is 17.8 Å². The molecule has 2 heterocycles. The molecular formula is C17H18F2N4O3. The van der Waals surface area contributed by atoms with Gasteiger partial charge in [-0.15, -0.1) is 0 Å². The number of imidazole rings is 1. The summed E-state index contributed by atoms with van der Waals surface area (Å²) in [4.78, 5) is 31.2. The third-order valence-electron chi connectivity index (χ3n) is 4.03. The molecular weight excluding hydrogens is 346 g/mol. The lowest BCUT2D eigenvalue weighted by molar-refractivity contribution is 0.188. The second-order valence-corrected chi connectivity index (χ2v) is 5.79. The van der Waals surface area contributed by atoms with Gasteiger partial charge in [-0.1, -0.05) is 6.92 Å². The highest BCUT2D eigenvalue weighted by atomic mass is 19.2. The number of hydrogen-bond acceptors (Lipinski definition) is 4. The van der Waals surface area contributed by atoms with Gasteiger partial charge in [-0.3, -0.25) is 14.3 Å². The number of nitrogens with zero attached hydrogens (tertiary/aromatic N) is 3. The van der Waals surface area contributed by atoms with Crippen LogP contribution >= 0.6 is 0 Å². The van der Waals surface area contributed by atoms with E-state index in [0.29, 0.717) is 18.5 Å². The first-order valence-corrected chi connectivity index (χ1v) is 8.15. The summed E-state index contributed by atoms with van der Waals surface area (Å²) in [6, 6.07) is 3.38. The Morgan fingerprint density at radius 1 is 1.15 bits per heavy atom. The molecule has 0 aliphatic rings. The van der Waals surface area contributed by atoms with Crippen LogP contribution in [0.4, 0.5) is 8.78 Å². The van der Waals surface area contributed by atoms with E-state index in [1.54, 1.807) is 4.57 Å². The lowest BCUT2D eigenvalue weighted by atomic mass is 10.2. The van der Waals surface area contributed by atoms with Gasteiger partial charge in [0.15, 0.2) is 22.8 Å². The molecule has 0 radical (unpaired) electrons. The average Bonchev–Trinajstić information content (AvgIpc) is 2.99. The largest absolute Gasteiger partial charge is 0.383 e. The summed E-state index contributed by atoms with van der Waals surface area (Å²) in [5.74, 6) is -1.74. The highest BCUT2D eigenvalue weighted by Gasteiger charge is 2.20. The van der Waals surface area contributed by atoms with Gasteiger partial charge in [-0.2, -0.15) is 0 Å². The van der Waals surface area contributed by atoms with Gasteiger partial charge in [-0.25, -0.2) is 18.6 Å². The van der Waals surface area contributed by atoms with Crippen molar-refractivity contribution in [3.05, 3.63) is 50.7 Å². The Balaban J connectivity index is 2.35. The fraction of sp³-hybridized carbons (Fsp3) is 0.353. The molecule has 0 aliphatic heterocycles. The normalized spacial score (nSPS) is 11.4. The van der Waals surface area contributed by atoms with Crippen LogP contribution in [0.2, 0.25) is 0 Å². The maximum Gasteiger partial charge on any atom is 0.330 e. The topological polar surface area (TPSA) is 81.9 Å². The number of hydrogen-bond donors (Lipinski definition) is 1. The second-order valence-electron chi connectivity index (χ2n) is 5.79. The first kappa shape index (κ1) is 18.0. The van der Waals surface area contributed by atoms with Gasteiger partial charge in [-0.05, 0) is 24.6 Å². The molecule has 3 rings (SSSR count). The van der Waals surface area contributed by atoms with Crippen LogP contribution in [0.15, 0.2) is 27.8 Å². The molecule has 0 spiro atoms. The van der Waals surface area contributed by atoms with Crippen molar-refractivity contribution in [2.45, 2.75) is 26.4 Å². The minimum atomic E-state index is -1.02. The number of fused-ring (bicyclic) bond motifs is 1. The molecule has 0 fully saturated rings. The molecule has 1 N–H and O–H groups in total. The van der Waals surface area contributed by atoms with Gasteiger partial charge >= 0.3 is 5.69 Å². The van der Waals surface area contributed by atoms with Gasteiger partial charge < -0.3 is 9.30 Å². The van der Waals surface area contributed by atoms with Crippen LogP contribution in [0, 0.1) is 11.6 Å². The van der Waals surface area contributed by atoms with Crippen LogP contribution in [0.1, 0.15) is 13.3 Å². The summed E-state index contributed by atoms with van der Waals surface area (Å²) in [5.41, 5.74) is -0.454. The minimum absolute atomic E-state index is 0.190. The summed E-state index contributed by atoms with van der Waals surface area (Å²) in [7, 11) is 1.51. The lowest BCUT2D eigenvalue weighted by Crippen LogP contribution is -2.31. The summed E-state index contributed by atoms with van der Waals surface area (Å²) in [5, 5.41) is 0. The van der Waals surface area contributed by atoms with E-state index in [9.17, 15) is 18.4 Å². The summed E-state index contributed by atoms with van der Waals surface area (Å²) in [6.07, 6.45) is 0.659. The van der Waals surface area contributed by atoms with Gasteiger partial charge in [0.05, 0.1) is 6.61 Å². The Bertz CT molecular complexity index is 1070. The quantitative estimate of drug-likeness (QED) is 0.724. The van der Waals surface area contributed by atoms with E-state index >= 15 is 0 Å². The van der Waals surface area contributed by atoms with Crippen molar-refractivity contribution < 1.29 is 13.5 Å². The third-order valence-corrected chi connectivity index (χ3v) is 4.03. The number of methoxy groups -OCH3 is 1. The standard InChI is InChI=1S/C17H18F2N4O3/c1-3-6-23-15-13(16(24)21-17(23)25)22(7-8-26-2)14(20-15)10-4-5-11(18)12(19)9-10/h4-5,9H,3,6-8H2,1-2H3,(H,21,24,25). The summed E-state index contributed by atoms with van der Waals surface area (Å²) in [6.45, 7) is 2.79. The average molecular weight is 364 g/mol. The Kier molecular flexibility index (Phi) is 4.99. The molecule has 9 heteroatoms. The van der Waals surface area contributed by atoms with Gasteiger partial charge in [0.2, 0.25) is 0 Å². The van der Waals surface area contributed by atoms with Crippen LogP contribution in [-0.4, -0.2) is 32.8 Å². The highest BCUT2D eigenvalue weighted by molar-refractivity contribution is 5.77. The maximum atomic E-state index is 13.7. The Morgan fingerprint density at radius 2 is 1.92 bits per heavy atom. The Morgan fingerprint density at radius 3 is 2.58 bits per heavy atom. The second kappa shape index (κ2) is 7.20. The zero-order chi connectivity index (χ0) is 18.8. The van der Waals surface area contributed by atoms with Gasteiger partial charge in [0.25, 0.3) is 5.56 Å². The number of ether oxygens (including phenoxy) is 1. The molecule has 3 aromatic rings. The maximum absolute atomic E-state index is 13.7. The number of nitrogens with one attached hydrogen (secondary N) is 1. The molecule has 0 aliphatic carbocycles. The number of H-pyrrole nitrogens is 1. The molecule has 1 aromatic carbocycles. The van der Waals surface area contributed by atoms with E-state index in [0.717, 1.165) is 12.1 Å². The number of aryl methyl sites for hydroxylation is 1. The zero-order valence-electron chi connectivity index (χ0n) is 14.4. The van der Waals surface area contributed by atoms with Crippen molar-refractivity contribution >= 4 is 11.2 Å². The predicted molar refractivity (Wildman–Crippen MR) is 92.1 cm³/mol. The van der Waals surface area contributed by atoms with E-state index in [4.69, 9.17) is 4.74 Å². The van der Waals surface area contributed by atoms with Crippen molar-refractivity contribution in [1.82, 2.24) is 19.1 Å². The van der Waals surface area contributed by atoms with Crippen molar-refractivity contribution in [2.24, 2.45) is 0 Å². The molecule has 0 unspecified atom stereocenters. The van der Waals surface area contributed by atoms with E-state index in [1.807, 2.05) is 6.92 Å². The van der Waals surface area contributed by atoms with Crippen LogP contribution in [0.25, 0.3) is 22.6 Å². The van der Waals surface area contributed by atoms with Crippen molar-refractivity contribution in [2.75, 3.05) is 13.7 Å². The number of aromatic nitrogens is 4. The molecule has 2 aromatic heterocycles. The lowest BCUT2D eigenvalue weighted by Gasteiger charge is -2.09. The number of benzene rings is 1.